The summed E-state index contributed by atoms with van der Waals surface area (Å²) in [5, 5.41) is 50.1. The number of unbranched alkanes of at least 4 members (excludes halogenated alkanes) is 1. The summed E-state index contributed by atoms with van der Waals surface area (Å²) in [7, 11) is 5.48. The topological polar surface area (TPSA) is 364 Å². The molecule has 0 aliphatic carbocycles. The third kappa shape index (κ3) is 20.9. The second-order valence-corrected chi connectivity index (χ2v) is 22.9. The Labute approximate surface area is 489 Å². The number of aliphatic hydroxyl groups is 1. The monoisotopic (exact) mass is 1190 g/mol. The highest BCUT2D eigenvalue weighted by atomic mass is 33.1. The van der Waals surface area contributed by atoms with Gasteiger partial charge in [0.25, 0.3) is 0 Å². The number of carbonyl (C=O) groups is 10. The van der Waals surface area contributed by atoms with Crippen LogP contribution in [0.3, 0.4) is 0 Å². The van der Waals surface area contributed by atoms with E-state index in [2.05, 4.69) is 42.2 Å². The van der Waals surface area contributed by atoms with Crippen LogP contribution in [0.1, 0.15) is 75.5 Å². The number of rotatable bonds is 26. The number of aromatic amines is 1. The van der Waals surface area contributed by atoms with E-state index in [0.29, 0.717) is 41.0 Å². The van der Waals surface area contributed by atoms with Crippen LogP contribution in [-0.2, 0) is 67.2 Å². The van der Waals surface area contributed by atoms with Crippen molar-refractivity contribution in [3.05, 3.63) is 102 Å². The SMILES string of the molecule is C[C@@H](O)C1NC(=O)[C@H](CCCCN)NC(=O)[C@@H](Cc2c[nH]c3ccccc23)NC(=O)[C@H](Cc2ccc(O)cc2)NC(=O)[C@H](CCC(=O)NCCNC(=O)CCSSCCC(=O)N(C)[C@@H](C)C(=O)O)N(C)C(=O)[C@H](Cc2ccccc2)NC1=O. The molecule has 450 valence electrons. The number of benzene rings is 3. The fraction of sp³-hybridized carbons (Fsp3) is 0.474. The molecule has 24 nitrogen and oxygen atoms in total. The van der Waals surface area contributed by atoms with Crippen molar-refractivity contribution in [2.45, 2.75) is 126 Å². The Kier molecular flexibility index (Phi) is 26.6. The molecular weight excluding hydrogens is 1110 g/mol. The van der Waals surface area contributed by atoms with E-state index in [4.69, 9.17) is 10.8 Å². The van der Waals surface area contributed by atoms with Crippen molar-refractivity contribution in [3.8, 4) is 5.75 Å². The van der Waals surface area contributed by atoms with Gasteiger partial charge in [0.15, 0.2) is 0 Å². The second-order valence-electron chi connectivity index (χ2n) is 20.2. The van der Waals surface area contributed by atoms with E-state index in [1.807, 2.05) is 18.2 Å². The first kappa shape index (κ1) is 66.1. The van der Waals surface area contributed by atoms with Crippen molar-refractivity contribution >= 4 is 91.6 Å². The molecule has 1 fully saturated rings. The zero-order valence-corrected chi connectivity index (χ0v) is 48.7. The largest absolute Gasteiger partial charge is 0.508 e. The van der Waals surface area contributed by atoms with Crippen molar-refractivity contribution in [1.29, 1.82) is 0 Å². The number of aliphatic carboxylic acids is 1. The first-order valence-corrected chi connectivity index (χ1v) is 30.0. The molecule has 1 unspecified atom stereocenters. The van der Waals surface area contributed by atoms with Gasteiger partial charge >= 0.3 is 5.97 Å². The number of nitrogens with zero attached hydrogens (tertiary/aromatic N) is 2. The molecule has 13 N–H and O–H groups in total. The summed E-state index contributed by atoms with van der Waals surface area (Å²) >= 11 is 0. The fourth-order valence-electron chi connectivity index (χ4n) is 9.04. The van der Waals surface area contributed by atoms with Crippen molar-refractivity contribution < 1.29 is 63.3 Å². The molecule has 26 heteroatoms. The molecule has 1 aliphatic rings. The van der Waals surface area contributed by atoms with E-state index in [1.165, 1.54) is 73.8 Å². The van der Waals surface area contributed by atoms with Gasteiger partial charge in [0.1, 0.15) is 48.0 Å². The van der Waals surface area contributed by atoms with Crippen LogP contribution in [0.5, 0.6) is 5.75 Å². The molecule has 0 saturated carbocycles. The van der Waals surface area contributed by atoms with Crippen LogP contribution in [0.15, 0.2) is 85.1 Å². The van der Waals surface area contributed by atoms with Crippen LogP contribution >= 0.6 is 21.6 Å². The number of H-pyrrole nitrogens is 1. The number of amides is 9. The average Bonchev–Trinajstić information content (AvgIpc) is 4.01. The number of phenolic OH excluding ortho intramolecular Hbond substituents is 1. The molecule has 9 amide bonds. The second kappa shape index (κ2) is 33.4. The number of para-hydroxylation sites is 1. The summed E-state index contributed by atoms with van der Waals surface area (Å²) < 4.78 is 0. The van der Waals surface area contributed by atoms with Gasteiger partial charge in [-0.1, -0.05) is 82.3 Å². The van der Waals surface area contributed by atoms with Gasteiger partial charge in [-0.25, -0.2) is 4.79 Å². The first-order valence-electron chi connectivity index (χ1n) is 27.5. The van der Waals surface area contributed by atoms with Gasteiger partial charge in [0.05, 0.1) is 6.10 Å². The summed E-state index contributed by atoms with van der Waals surface area (Å²) in [6, 6.07) is 12.0. The lowest BCUT2D eigenvalue weighted by Gasteiger charge is -2.33. The zero-order valence-electron chi connectivity index (χ0n) is 47.0. The Morgan fingerprint density at radius 3 is 1.87 bits per heavy atom. The predicted octanol–water partition coefficient (Wildman–Crippen LogP) is 0.782. The number of aromatic hydroxyl groups is 1. The molecule has 8 atom stereocenters. The Bertz CT molecular complexity index is 2860. The molecule has 1 aliphatic heterocycles. The molecule has 83 heavy (non-hydrogen) atoms. The molecule has 3 aromatic carbocycles. The highest BCUT2D eigenvalue weighted by molar-refractivity contribution is 8.76. The Hall–Kier alpha value is -7.68. The normalized spacial score (nSPS) is 20.1. The van der Waals surface area contributed by atoms with Gasteiger partial charge in [-0.3, -0.25) is 43.2 Å². The van der Waals surface area contributed by atoms with Crippen molar-refractivity contribution in [1.82, 2.24) is 52.0 Å². The van der Waals surface area contributed by atoms with E-state index in [1.54, 1.807) is 42.6 Å². The van der Waals surface area contributed by atoms with E-state index in [-0.39, 0.29) is 88.6 Å². The van der Waals surface area contributed by atoms with Gasteiger partial charge in [0.2, 0.25) is 53.2 Å². The third-order valence-electron chi connectivity index (χ3n) is 14.0. The summed E-state index contributed by atoms with van der Waals surface area (Å²) in [6.07, 6.45) is 0.136. The van der Waals surface area contributed by atoms with E-state index in [9.17, 15) is 58.2 Å². The number of likely N-dealkylation sites (N-methyl/N-ethyl adjacent to an activating group) is 2. The van der Waals surface area contributed by atoms with Gasteiger partial charge in [0, 0.05) is 94.3 Å². The van der Waals surface area contributed by atoms with Crippen LogP contribution in [0.25, 0.3) is 10.9 Å². The number of aromatic nitrogens is 1. The van der Waals surface area contributed by atoms with Crippen LogP contribution in [0.2, 0.25) is 0 Å². The molecule has 1 saturated heterocycles. The number of fused-ring (bicyclic) bond motifs is 1. The van der Waals surface area contributed by atoms with Gasteiger partial charge in [-0.05, 0) is 81.0 Å². The third-order valence-corrected chi connectivity index (χ3v) is 16.4. The van der Waals surface area contributed by atoms with Crippen molar-refractivity contribution in [2.75, 3.05) is 45.2 Å². The lowest BCUT2D eigenvalue weighted by atomic mass is 9.99. The predicted molar refractivity (Wildman–Crippen MR) is 314 cm³/mol. The van der Waals surface area contributed by atoms with Crippen LogP contribution in [0.4, 0.5) is 0 Å². The van der Waals surface area contributed by atoms with Crippen LogP contribution in [-0.4, -0.2) is 183 Å². The minimum Gasteiger partial charge on any atom is -0.508 e. The maximum atomic E-state index is 15.0. The lowest BCUT2D eigenvalue weighted by Crippen LogP contribution is -2.63. The molecule has 0 spiro atoms. The number of aliphatic hydroxyl groups excluding tert-OH is 1. The number of carboxylic acid groups (broad SMARTS) is 1. The number of carbonyl (C=O) groups excluding carboxylic acids is 9. The standard InChI is InChI=1S/C57H77N11O13S2/c1-34(57(80)81)67(3)49(73)24-29-83-82-28-23-48(72)60-27-26-59-47(71)22-21-46-54(77)64-43(30-37-17-19-39(70)20-18-37)52(75)63-44(32-38-33-61-41-15-9-8-14-40(38)41)53(76)62-42(16-10-11-25-58)51(74)66-50(35(2)69)55(78)65-45(56(79)68(46)4)31-36-12-6-5-7-13-36/h5-9,12-15,17-20,33-35,42-46,50,61,69-70H,10-11,16,21-32,58H2,1-4H3,(H,59,71)(H,60,72)(H,62,76)(H,63,75)(H,64,77)(H,65,78)(H,66,74)(H,80,81)/t34-,35+,42-,43-,44+,45-,46-,50?/m0/s1. The van der Waals surface area contributed by atoms with Gasteiger partial charge in [-0.2, -0.15) is 0 Å². The molecule has 0 radical (unpaired) electrons. The first-order chi connectivity index (χ1) is 39.7. The highest BCUT2D eigenvalue weighted by Gasteiger charge is 2.39. The minimum absolute atomic E-state index is 0.00865. The summed E-state index contributed by atoms with van der Waals surface area (Å²) in [6.45, 7) is 2.99. The fourth-order valence-corrected chi connectivity index (χ4v) is 11.0. The number of carboxylic acids is 1. The smallest absolute Gasteiger partial charge is 0.326 e. The molecule has 5 rings (SSSR count). The number of hydrogen-bond acceptors (Lipinski definition) is 15. The van der Waals surface area contributed by atoms with Crippen molar-refractivity contribution in [3.63, 3.8) is 0 Å². The molecule has 4 aromatic rings. The Morgan fingerprint density at radius 1 is 0.663 bits per heavy atom. The van der Waals surface area contributed by atoms with Crippen molar-refractivity contribution in [2.24, 2.45) is 5.73 Å². The average molecular weight is 1190 g/mol. The van der Waals surface area contributed by atoms with Crippen LogP contribution in [0, 0.1) is 0 Å². The maximum absolute atomic E-state index is 15.0. The summed E-state index contributed by atoms with van der Waals surface area (Å²) in [5.41, 5.74) is 8.23. The van der Waals surface area contributed by atoms with Gasteiger partial charge < -0.3 is 73.1 Å². The Balaban J connectivity index is 1.42. The van der Waals surface area contributed by atoms with E-state index >= 15 is 0 Å². The number of nitrogens with two attached hydrogens (primary N) is 1. The van der Waals surface area contributed by atoms with Crippen LogP contribution < -0.4 is 43.0 Å². The van der Waals surface area contributed by atoms with Gasteiger partial charge in [-0.15, -0.1) is 0 Å². The molecule has 2 heterocycles. The quantitative estimate of drug-likeness (QED) is 0.0305. The molecular formula is C57H77N11O13S2. The number of hydrogen-bond donors (Lipinski definition) is 12. The highest BCUT2D eigenvalue weighted by Crippen LogP contribution is 2.24. The summed E-state index contributed by atoms with van der Waals surface area (Å²) in [5.74, 6) is -6.67. The molecule has 0 bridgehead atoms. The van der Waals surface area contributed by atoms with E-state index in [0.717, 1.165) is 20.7 Å². The van der Waals surface area contributed by atoms with E-state index < -0.39 is 95.7 Å². The number of phenols is 1. The number of nitrogens with one attached hydrogen (secondary N) is 8. The maximum Gasteiger partial charge on any atom is 0.326 e. The summed E-state index contributed by atoms with van der Waals surface area (Å²) in [4.78, 5) is 143. The zero-order chi connectivity index (χ0) is 60.6. The minimum atomic E-state index is -1.67. The lowest BCUT2D eigenvalue weighted by molar-refractivity contribution is -0.148. The molecule has 1 aromatic heterocycles. The Morgan fingerprint density at radius 2 is 1.22 bits per heavy atom.